The number of halogens is 3. The Morgan fingerprint density at radius 2 is 1.86 bits per heavy atom. The number of hydrogen-bond donors (Lipinski definition) is 1. The van der Waals surface area contributed by atoms with E-state index in [2.05, 4.69) is 20.3 Å². The largest absolute Gasteiger partial charge is 0.444 e. The number of nitriles is 1. The molecular weight excluding hydrogens is 565 g/mol. The van der Waals surface area contributed by atoms with E-state index in [0.29, 0.717) is 16.6 Å². The third-order valence-corrected chi connectivity index (χ3v) is 6.44. The molecule has 1 aliphatic rings. The van der Waals surface area contributed by atoms with E-state index in [1.807, 2.05) is 6.07 Å². The van der Waals surface area contributed by atoms with Crippen molar-refractivity contribution in [2.45, 2.75) is 52.3 Å². The lowest BCUT2D eigenvalue weighted by Crippen LogP contribution is -2.33. The smallest absolute Gasteiger partial charge is 0.435 e. The van der Waals surface area contributed by atoms with Gasteiger partial charge in [-0.3, -0.25) is 10.1 Å². The Bertz CT molecular complexity index is 1760. The summed E-state index contributed by atoms with van der Waals surface area (Å²) in [4.78, 5) is 39.1. The summed E-state index contributed by atoms with van der Waals surface area (Å²) in [6.45, 7) is 5.41. The molecule has 0 spiro atoms. The van der Waals surface area contributed by atoms with E-state index in [9.17, 15) is 22.8 Å². The minimum atomic E-state index is -4.84. The van der Waals surface area contributed by atoms with E-state index in [0.717, 1.165) is 34.3 Å². The zero-order chi connectivity index (χ0) is 30.9. The van der Waals surface area contributed by atoms with Crippen LogP contribution in [-0.2, 0) is 35.4 Å². The summed E-state index contributed by atoms with van der Waals surface area (Å²) < 4.78 is 52.9. The summed E-state index contributed by atoms with van der Waals surface area (Å²) in [7, 11) is 0. The summed E-state index contributed by atoms with van der Waals surface area (Å²) in [5.74, 6) is -0.534. The molecule has 2 amide bonds. The number of anilines is 2. The van der Waals surface area contributed by atoms with Crippen LogP contribution in [0.25, 0.3) is 10.9 Å². The molecule has 43 heavy (non-hydrogen) atoms. The Balaban J connectivity index is 1.57. The molecule has 0 bridgehead atoms. The SMILES string of the molecule is CC(C)(C)OC(=O)Nc1nc2cc(CN(C(=O)c3ccc(C#N)nc3)c3cccnc3C(F)(F)F)ccc2c2c1COC2. The molecule has 13 heteroatoms. The number of ether oxygens (including phenoxy) is 2. The van der Waals surface area contributed by atoms with Crippen molar-refractivity contribution < 1.29 is 32.2 Å². The maximum atomic E-state index is 14.0. The Kier molecular flexibility index (Phi) is 7.72. The van der Waals surface area contributed by atoms with Gasteiger partial charge in [-0.25, -0.2) is 19.7 Å². The van der Waals surface area contributed by atoms with Gasteiger partial charge in [-0.1, -0.05) is 12.1 Å². The fourth-order valence-electron chi connectivity index (χ4n) is 4.62. The predicted octanol–water partition coefficient (Wildman–Crippen LogP) is 6.14. The van der Waals surface area contributed by atoms with E-state index < -0.39 is 35.2 Å². The van der Waals surface area contributed by atoms with Gasteiger partial charge in [0.1, 0.15) is 23.2 Å². The van der Waals surface area contributed by atoms with E-state index in [1.165, 1.54) is 18.2 Å². The van der Waals surface area contributed by atoms with Crippen molar-refractivity contribution >= 4 is 34.4 Å². The number of carbonyl (C=O) groups excluding carboxylic acids is 2. The van der Waals surface area contributed by atoms with Gasteiger partial charge in [-0.05, 0) is 62.2 Å². The molecule has 5 rings (SSSR count). The lowest BCUT2D eigenvalue weighted by atomic mass is 10.0. The first-order valence-electron chi connectivity index (χ1n) is 13.1. The van der Waals surface area contributed by atoms with Crippen molar-refractivity contribution in [2.24, 2.45) is 0 Å². The van der Waals surface area contributed by atoms with Crippen LogP contribution in [0.5, 0.6) is 0 Å². The average Bonchev–Trinajstić information content (AvgIpc) is 3.45. The fraction of sp³-hybridized carbons (Fsp3) is 0.267. The number of pyridine rings is 3. The highest BCUT2D eigenvalue weighted by Gasteiger charge is 2.38. The van der Waals surface area contributed by atoms with E-state index in [-0.39, 0.29) is 36.8 Å². The minimum absolute atomic E-state index is 0.0197. The van der Waals surface area contributed by atoms with Gasteiger partial charge in [0.2, 0.25) is 0 Å². The van der Waals surface area contributed by atoms with Crippen LogP contribution in [0.2, 0.25) is 0 Å². The van der Waals surface area contributed by atoms with Crippen molar-refractivity contribution in [3.8, 4) is 6.07 Å². The van der Waals surface area contributed by atoms with Crippen LogP contribution in [0.1, 0.15) is 59.2 Å². The molecule has 10 nitrogen and oxygen atoms in total. The number of fused-ring (bicyclic) bond motifs is 3. The van der Waals surface area contributed by atoms with Crippen LogP contribution in [0.3, 0.4) is 0 Å². The summed E-state index contributed by atoms with van der Waals surface area (Å²) in [5, 5.41) is 12.5. The molecule has 4 aromatic rings. The van der Waals surface area contributed by atoms with E-state index >= 15 is 0 Å². The Labute approximate surface area is 244 Å². The first-order chi connectivity index (χ1) is 20.3. The van der Waals surface area contributed by atoms with Gasteiger partial charge in [0.05, 0.1) is 36.5 Å². The summed E-state index contributed by atoms with van der Waals surface area (Å²) in [6.07, 6.45) is -3.41. The predicted molar refractivity (Wildman–Crippen MR) is 149 cm³/mol. The molecule has 1 aliphatic heterocycles. The molecule has 0 aliphatic carbocycles. The van der Waals surface area contributed by atoms with Crippen molar-refractivity contribution in [2.75, 3.05) is 10.2 Å². The second kappa shape index (κ2) is 11.3. The molecule has 4 heterocycles. The van der Waals surface area contributed by atoms with Crippen LogP contribution in [0, 0.1) is 11.3 Å². The second-order valence-electron chi connectivity index (χ2n) is 10.7. The number of aromatic nitrogens is 3. The molecule has 0 atom stereocenters. The number of nitrogens with zero attached hydrogens (tertiary/aromatic N) is 5. The normalized spacial score (nSPS) is 12.9. The maximum Gasteiger partial charge on any atom is 0.435 e. The first kappa shape index (κ1) is 29.4. The molecule has 220 valence electrons. The van der Waals surface area contributed by atoms with Gasteiger partial charge in [0.15, 0.2) is 5.69 Å². The zero-order valence-corrected chi connectivity index (χ0v) is 23.3. The molecule has 0 saturated heterocycles. The maximum absolute atomic E-state index is 14.0. The third-order valence-electron chi connectivity index (χ3n) is 6.44. The van der Waals surface area contributed by atoms with Crippen molar-refractivity contribution in [1.29, 1.82) is 5.26 Å². The molecule has 0 radical (unpaired) electrons. The quantitative estimate of drug-likeness (QED) is 0.293. The summed E-state index contributed by atoms with van der Waals surface area (Å²) in [5.41, 5.74) is -0.00370. The molecule has 0 unspecified atom stereocenters. The molecule has 1 aromatic carbocycles. The Morgan fingerprint density at radius 1 is 1.09 bits per heavy atom. The first-order valence-corrected chi connectivity index (χ1v) is 13.1. The summed E-state index contributed by atoms with van der Waals surface area (Å²) in [6, 6.07) is 12.0. The third kappa shape index (κ3) is 6.39. The number of amides is 2. The molecular formula is C30H25F3N6O4. The van der Waals surface area contributed by atoms with Gasteiger partial charge in [-0.15, -0.1) is 0 Å². The molecule has 1 N–H and O–H groups in total. The van der Waals surface area contributed by atoms with Gasteiger partial charge in [0.25, 0.3) is 5.91 Å². The lowest BCUT2D eigenvalue weighted by Gasteiger charge is -2.26. The number of alkyl halides is 3. The minimum Gasteiger partial charge on any atom is -0.444 e. The average molecular weight is 591 g/mol. The van der Waals surface area contributed by atoms with Gasteiger partial charge in [0, 0.05) is 23.3 Å². The number of carbonyl (C=O) groups is 2. The summed E-state index contributed by atoms with van der Waals surface area (Å²) >= 11 is 0. The van der Waals surface area contributed by atoms with Crippen LogP contribution < -0.4 is 10.2 Å². The highest BCUT2D eigenvalue weighted by Crippen LogP contribution is 2.37. The Hall–Kier alpha value is -5.09. The van der Waals surface area contributed by atoms with Gasteiger partial charge in [-0.2, -0.15) is 18.4 Å². The highest BCUT2D eigenvalue weighted by atomic mass is 19.4. The molecule has 0 fully saturated rings. The van der Waals surface area contributed by atoms with E-state index in [1.54, 1.807) is 39.0 Å². The Morgan fingerprint density at radius 3 is 2.53 bits per heavy atom. The standard InChI is InChI=1S/C30H25F3N6O4/c1-29(2,3)43-28(41)38-26-22-16-42-15-21(22)20-9-6-17(11-23(20)37-26)14-39(24-5-4-10-35-25(24)30(31,32)33)27(40)18-7-8-19(12-34)36-13-18/h4-11,13H,14-16H2,1-3H3,(H,37,38,41). The second-order valence-corrected chi connectivity index (χ2v) is 10.7. The fourth-order valence-corrected chi connectivity index (χ4v) is 4.62. The van der Waals surface area contributed by atoms with Gasteiger partial charge < -0.3 is 14.4 Å². The van der Waals surface area contributed by atoms with Gasteiger partial charge >= 0.3 is 12.3 Å². The van der Waals surface area contributed by atoms with Crippen molar-refractivity contribution in [3.63, 3.8) is 0 Å². The monoisotopic (exact) mass is 590 g/mol. The van der Waals surface area contributed by atoms with Crippen LogP contribution >= 0.6 is 0 Å². The highest BCUT2D eigenvalue weighted by molar-refractivity contribution is 6.06. The van der Waals surface area contributed by atoms with Crippen molar-refractivity contribution in [3.05, 3.63) is 88.5 Å². The molecule has 0 saturated carbocycles. The van der Waals surface area contributed by atoms with E-state index in [4.69, 9.17) is 14.7 Å². The number of nitrogens with one attached hydrogen (secondary N) is 1. The molecule has 3 aromatic heterocycles. The number of benzene rings is 1. The number of rotatable bonds is 5. The number of hydrogen-bond acceptors (Lipinski definition) is 8. The van der Waals surface area contributed by atoms with Crippen LogP contribution in [0.15, 0.2) is 54.9 Å². The van der Waals surface area contributed by atoms with Crippen LogP contribution in [0.4, 0.5) is 29.5 Å². The topological polar surface area (TPSA) is 130 Å². The van der Waals surface area contributed by atoms with Crippen LogP contribution in [-0.4, -0.2) is 32.6 Å². The lowest BCUT2D eigenvalue weighted by molar-refractivity contribution is -0.140. The zero-order valence-electron chi connectivity index (χ0n) is 23.3. The van der Waals surface area contributed by atoms with Crippen molar-refractivity contribution in [1.82, 2.24) is 15.0 Å².